The number of hydrogen-bond acceptors (Lipinski definition) is 3. The monoisotopic (exact) mass is 318 g/mol. The largest absolute Gasteiger partial charge is 0.454 e. The van der Waals surface area contributed by atoms with Crippen molar-refractivity contribution >= 4 is 21.7 Å². The van der Waals surface area contributed by atoms with Crippen LogP contribution in [0.4, 0.5) is 0 Å². The van der Waals surface area contributed by atoms with Crippen LogP contribution in [0.2, 0.25) is 0 Å². The van der Waals surface area contributed by atoms with E-state index in [1.54, 1.807) is 0 Å². The van der Waals surface area contributed by atoms with Gasteiger partial charge in [0.2, 0.25) is 6.79 Å². The van der Waals surface area contributed by atoms with Crippen LogP contribution in [-0.2, 0) is 6.42 Å². The Kier molecular flexibility index (Phi) is 3.25. The van der Waals surface area contributed by atoms with E-state index in [1.807, 2.05) is 42.5 Å². The number of ether oxygens (including phenoxy) is 2. The molecular formula is C15H11BrO3. The lowest BCUT2D eigenvalue weighted by molar-refractivity contribution is 0.0993. The summed E-state index contributed by atoms with van der Waals surface area (Å²) >= 11 is 3.46. The highest BCUT2D eigenvalue weighted by molar-refractivity contribution is 9.10. The fourth-order valence-corrected chi connectivity index (χ4v) is 2.46. The van der Waals surface area contributed by atoms with Gasteiger partial charge in [-0.1, -0.05) is 46.3 Å². The molecule has 2 aromatic rings. The number of carbonyl (C=O) groups excluding carboxylic acids is 1. The molecule has 0 atom stereocenters. The maximum absolute atomic E-state index is 12.2. The van der Waals surface area contributed by atoms with E-state index < -0.39 is 0 Å². The first-order valence-electron chi connectivity index (χ1n) is 5.90. The van der Waals surface area contributed by atoms with Crippen LogP contribution in [0.15, 0.2) is 46.9 Å². The Hall–Kier alpha value is -1.81. The molecule has 0 bridgehead atoms. The second kappa shape index (κ2) is 5.05. The zero-order valence-corrected chi connectivity index (χ0v) is 11.6. The van der Waals surface area contributed by atoms with E-state index in [4.69, 9.17) is 9.47 Å². The third-order valence-electron chi connectivity index (χ3n) is 2.99. The summed E-state index contributed by atoms with van der Waals surface area (Å²) in [5.74, 6) is 1.49. The summed E-state index contributed by atoms with van der Waals surface area (Å²) in [6.45, 7) is 0.234. The van der Waals surface area contributed by atoms with Gasteiger partial charge in [0.05, 0.1) is 0 Å². The molecule has 0 saturated carbocycles. The number of hydrogen-bond donors (Lipinski definition) is 0. The first kappa shape index (κ1) is 12.2. The Bertz CT molecular complexity index is 623. The Labute approximate surface area is 119 Å². The van der Waals surface area contributed by atoms with Crippen LogP contribution in [0.5, 0.6) is 11.5 Å². The normalized spacial score (nSPS) is 12.5. The van der Waals surface area contributed by atoms with Gasteiger partial charge in [0.25, 0.3) is 0 Å². The molecule has 4 heteroatoms. The number of benzene rings is 2. The Morgan fingerprint density at radius 3 is 2.53 bits per heavy atom. The molecule has 0 aromatic heterocycles. The number of Topliss-reactive ketones (excluding diaryl/α,β-unsaturated/α-hetero) is 1. The standard InChI is InChI=1S/C15H11BrO3/c16-12-8-15-14(18-9-19-15)7-11(12)6-13(17)10-4-2-1-3-5-10/h1-5,7-8H,6,9H2. The van der Waals surface area contributed by atoms with Crippen LogP contribution in [0.3, 0.4) is 0 Å². The molecule has 1 aliphatic heterocycles. The minimum Gasteiger partial charge on any atom is -0.454 e. The van der Waals surface area contributed by atoms with Gasteiger partial charge in [-0.3, -0.25) is 4.79 Å². The fraction of sp³-hybridized carbons (Fsp3) is 0.133. The Morgan fingerprint density at radius 1 is 1.11 bits per heavy atom. The lowest BCUT2D eigenvalue weighted by Crippen LogP contribution is -2.03. The molecule has 3 nitrogen and oxygen atoms in total. The molecule has 0 N–H and O–H groups in total. The highest BCUT2D eigenvalue weighted by Gasteiger charge is 2.18. The molecule has 0 saturated heterocycles. The number of fused-ring (bicyclic) bond motifs is 1. The van der Waals surface area contributed by atoms with E-state index in [-0.39, 0.29) is 12.6 Å². The van der Waals surface area contributed by atoms with Crippen molar-refractivity contribution in [1.29, 1.82) is 0 Å². The minimum atomic E-state index is 0.0835. The first-order chi connectivity index (χ1) is 9.24. The minimum absolute atomic E-state index is 0.0835. The van der Waals surface area contributed by atoms with E-state index in [0.717, 1.165) is 10.0 Å². The molecule has 1 heterocycles. The van der Waals surface area contributed by atoms with Gasteiger partial charge in [-0.15, -0.1) is 0 Å². The van der Waals surface area contributed by atoms with Crippen molar-refractivity contribution in [2.75, 3.05) is 6.79 Å². The predicted molar refractivity (Wildman–Crippen MR) is 74.7 cm³/mol. The van der Waals surface area contributed by atoms with Gasteiger partial charge < -0.3 is 9.47 Å². The fourth-order valence-electron chi connectivity index (χ4n) is 1.99. The molecule has 96 valence electrons. The number of rotatable bonds is 3. The van der Waals surface area contributed by atoms with Crippen LogP contribution < -0.4 is 9.47 Å². The summed E-state index contributed by atoms with van der Waals surface area (Å²) in [6.07, 6.45) is 0.335. The molecular weight excluding hydrogens is 308 g/mol. The van der Waals surface area contributed by atoms with E-state index in [9.17, 15) is 4.79 Å². The average molecular weight is 319 g/mol. The maximum atomic E-state index is 12.2. The summed E-state index contributed by atoms with van der Waals surface area (Å²) in [5.41, 5.74) is 1.62. The van der Waals surface area contributed by atoms with Gasteiger partial charge in [-0.2, -0.15) is 0 Å². The molecule has 19 heavy (non-hydrogen) atoms. The Morgan fingerprint density at radius 2 is 1.79 bits per heavy atom. The lowest BCUT2D eigenvalue weighted by Gasteiger charge is -2.06. The van der Waals surface area contributed by atoms with Crippen molar-refractivity contribution < 1.29 is 14.3 Å². The molecule has 0 fully saturated rings. The molecule has 0 aliphatic carbocycles. The first-order valence-corrected chi connectivity index (χ1v) is 6.69. The summed E-state index contributed by atoms with van der Waals surface area (Å²) in [4.78, 5) is 12.2. The van der Waals surface area contributed by atoms with Crippen LogP contribution in [0.1, 0.15) is 15.9 Å². The van der Waals surface area contributed by atoms with Crippen molar-refractivity contribution in [3.63, 3.8) is 0 Å². The number of carbonyl (C=O) groups is 1. The molecule has 0 spiro atoms. The average Bonchev–Trinajstić information content (AvgIpc) is 2.87. The van der Waals surface area contributed by atoms with E-state index in [1.165, 1.54) is 0 Å². The Balaban J connectivity index is 1.86. The second-order valence-corrected chi connectivity index (χ2v) is 5.12. The predicted octanol–water partition coefficient (Wildman–Crippen LogP) is 3.60. The van der Waals surface area contributed by atoms with Crippen molar-refractivity contribution in [3.8, 4) is 11.5 Å². The molecule has 2 aromatic carbocycles. The van der Waals surface area contributed by atoms with Crippen molar-refractivity contribution in [3.05, 3.63) is 58.1 Å². The van der Waals surface area contributed by atoms with E-state index >= 15 is 0 Å². The van der Waals surface area contributed by atoms with Crippen LogP contribution in [0.25, 0.3) is 0 Å². The summed E-state index contributed by atoms with van der Waals surface area (Å²) < 4.78 is 11.5. The maximum Gasteiger partial charge on any atom is 0.231 e. The van der Waals surface area contributed by atoms with Crippen LogP contribution >= 0.6 is 15.9 Å². The zero-order chi connectivity index (χ0) is 13.2. The van der Waals surface area contributed by atoms with E-state index in [2.05, 4.69) is 15.9 Å². The topological polar surface area (TPSA) is 35.5 Å². The smallest absolute Gasteiger partial charge is 0.231 e. The van der Waals surface area contributed by atoms with Gasteiger partial charge >= 0.3 is 0 Å². The SMILES string of the molecule is O=C(Cc1cc2c(cc1Br)OCO2)c1ccccc1. The lowest BCUT2D eigenvalue weighted by atomic mass is 10.0. The van der Waals surface area contributed by atoms with E-state index in [0.29, 0.717) is 23.5 Å². The second-order valence-electron chi connectivity index (χ2n) is 4.26. The van der Waals surface area contributed by atoms with Crippen molar-refractivity contribution in [2.45, 2.75) is 6.42 Å². The molecule has 0 unspecified atom stereocenters. The summed E-state index contributed by atoms with van der Waals surface area (Å²) in [7, 11) is 0. The number of ketones is 1. The number of halogens is 1. The molecule has 0 radical (unpaired) electrons. The van der Waals surface area contributed by atoms with Gasteiger partial charge in [0.1, 0.15) is 0 Å². The summed E-state index contributed by atoms with van der Waals surface area (Å²) in [6, 6.07) is 13.0. The zero-order valence-electron chi connectivity index (χ0n) is 10.1. The molecule has 0 amide bonds. The van der Waals surface area contributed by atoms with Gasteiger partial charge in [0, 0.05) is 16.5 Å². The van der Waals surface area contributed by atoms with Gasteiger partial charge in [0.15, 0.2) is 17.3 Å². The third kappa shape index (κ3) is 2.49. The van der Waals surface area contributed by atoms with Crippen molar-refractivity contribution in [1.82, 2.24) is 0 Å². The molecule has 1 aliphatic rings. The van der Waals surface area contributed by atoms with Gasteiger partial charge in [-0.05, 0) is 17.7 Å². The highest BCUT2D eigenvalue weighted by Crippen LogP contribution is 2.37. The highest BCUT2D eigenvalue weighted by atomic mass is 79.9. The van der Waals surface area contributed by atoms with Crippen LogP contribution in [0, 0.1) is 0 Å². The van der Waals surface area contributed by atoms with Crippen LogP contribution in [-0.4, -0.2) is 12.6 Å². The summed E-state index contributed by atoms with van der Waals surface area (Å²) in [5, 5.41) is 0. The quantitative estimate of drug-likeness (QED) is 0.811. The van der Waals surface area contributed by atoms with Crippen molar-refractivity contribution in [2.24, 2.45) is 0 Å². The third-order valence-corrected chi connectivity index (χ3v) is 3.73. The van der Waals surface area contributed by atoms with Gasteiger partial charge in [-0.25, -0.2) is 0 Å². The molecule has 3 rings (SSSR count).